The average Bonchev–Trinajstić information content (AvgIpc) is 2.74. The fraction of sp³-hybridized carbons (Fsp3) is 0.938. The van der Waals surface area contributed by atoms with Crippen molar-refractivity contribution in [2.75, 3.05) is 20.6 Å². The highest BCUT2D eigenvalue weighted by Gasteiger charge is 2.31. The van der Waals surface area contributed by atoms with Gasteiger partial charge in [0.15, 0.2) is 0 Å². The first kappa shape index (κ1) is 17.4. The molecule has 0 aromatic rings. The van der Waals surface area contributed by atoms with Crippen LogP contribution in [0, 0.1) is 0 Å². The van der Waals surface area contributed by atoms with E-state index in [1.165, 1.54) is 0 Å². The molecule has 1 amide bonds. The molecule has 1 aliphatic rings. The molecule has 1 saturated heterocycles. The summed E-state index contributed by atoms with van der Waals surface area (Å²) in [6, 6.07) is 1.06. The Morgan fingerprint density at radius 2 is 1.85 bits per heavy atom. The van der Waals surface area contributed by atoms with Gasteiger partial charge in [-0.25, -0.2) is 0 Å². The van der Waals surface area contributed by atoms with Crippen molar-refractivity contribution in [3.05, 3.63) is 0 Å². The second kappa shape index (κ2) is 6.90. The van der Waals surface area contributed by atoms with Gasteiger partial charge >= 0.3 is 0 Å². The van der Waals surface area contributed by atoms with Crippen LogP contribution in [-0.2, 0) is 4.79 Å². The van der Waals surface area contributed by atoms with Crippen LogP contribution in [-0.4, -0.2) is 60.0 Å². The normalized spacial score (nSPS) is 23.6. The maximum atomic E-state index is 11.9. The van der Waals surface area contributed by atoms with Crippen molar-refractivity contribution >= 4 is 5.91 Å². The molecule has 1 aliphatic heterocycles. The van der Waals surface area contributed by atoms with Gasteiger partial charge in [-0.2, -0.15) is 0 Å². The van der Waals surface area contributed by atoms with E-state index in [2.05, 4.69) is 44.8 Å². The Labute approximate surface area is 124 Å². The Bertz CT molecular complexity index is 320. The molecule has 2 unspecified atom stereocenters. The predicted molar refractivity (Wildman–Crippen MR) is 84.9 cm³/mol. The minimum Gasteiger partial charge on any atom is -0.347 e. The Balaban J connectivity index is 2.45. The fourth-order valence-electron chi connectivity index (χ4n) is 3.22. The first-order valence-electron chi connectivity index (χ1n) is 7.87. The summed E-state index contributed by atoms with van der Waals surface area (Å²) < 4.78 is 0. The lowest BCUT2D eigenvalue weighted by Gasteiger charge is -2.39. The molecule has 2 atom stereocenters. The summed E-state index contributed by atoms with van der Waals surface area (Å²) in [5.41, 5.74) is 0.200. The molecule has 0 aromatic carbocycles. The molecule has 20 heavy (non-hydrogen) atoms. The van der Waals surface area contributed by atoms with Gasteiger partial charge in [-0.3, -0.25) is 9.69 Å². The van der Waals surface area contributed by atoms with Gasteiger partial charge in [0.05, 0.1) is 6.04 Å². The summed E-state index contributed by atoms with van der Waals surface area (Å²) in [6.45, 7) is 12.4. The van der Waals surface area contributed by atoms with Gasteiger partial charge < -0.3 is 10.2 Å². The summed E-state index contributed by atoms with van der Waals surface area (Å²) in [6.07, 6.45) is 3.20. The highest BCUT2D eigenvalue weighted by Crippen LogP contribution is 2.21. The molecule has 0 radical (unpaired) electrons. The van der Waals surface area contributed by atoms with Crippen LogP contribution in [0.1, 0.15) is 53.9 Å². The van der Waals surface area contributed by atoms with Crippen LogP contribution in [0.15, 0.2) is 0 Å². The summed E-state index contributed by atoms with van der Waals surface area (Å²) in [5, 5.41) is 3.50. The van der Waals surface area contributed by atoms with Gasteiger partial charge in [0.25, 0.3) is 0 Å². The van der Waals surface area contributed by atoms with E-state index < -0.39 is 0 Å². The third-order valence-corrected chi connectivity index (χ3v) is 4.18. The molecule has 1 heterocycles. The van der Waals surface area contributed by atoms with Crippen molar-refractivity contribution in [2.24, 2.45) is 0 Å². The Kier molecular flexibility index (Phi) is 6.02. The SMILES string of the molecule is CC(C)N(CCC1CCC(C(=O)N(C)C)N1)C(C)(C)C. The molecule has 1 N–H and O–H groups in total. The molecule has 0 saturated carbocycles. The topological polar surface area (TPSA) is 35.6 Å². The molecule has 1 rings (SSSR count). The second-order valence-electron chi connectivity index (χ2n) is 7.47. The van der Waals surface area contributed by atoms with Crippen molar-refractivity contribution in [2.45, 2.75) is 77.5 Å². The van der Waals surface area contributed by atoms with E-state index in [4.69, 9.17) is 0 Å². The number of likely N-dealkylation sites (N-methyl/N-ethyl adjacent to an activating group) is 1. The number of rotatable bonds is 5. The van der Waals surface area contributed by atoms with Gasteiger partial charge in [0.1, 0.15) is 0 Å². The van der Waals surface area contributed by atoms with Crippen LogP contribution in [0.25, 0.3) is 0 Å². The maximum Gasteiger partial charge on any atom is 0.239 e. The molecule has 1 fully saturated rings. The van der Waals surface area contributed by atoms with Crippen molar-refractivity contribution < 1.29 is 4.79 Å². The maximum absolute atomic E-state index is 11.9. The van der Waals surface area contributed by atoms with E-state index in [0.717, 1.165) is 25.8 Å². The highest BCUT2D eigenvalue weighted by molar-refractivity contribution is 5.81. The molecule has 0 aliphatic carbocycles. The molecule has 0 aromatic heterocycles. The first-order chi connectivity index (χ1) is 9.12. The lowest BCUT2D eigenvalue weighted by atomic mass is 10.0. The Hall–Kier alpha value is -0.610. The van der Waals surface area contributed by atoms with E-state index in [0.29, 0.717) is 12.1 Å². The standard InChI is InChI=1S/C16H33N3O/c1-12(2)19(16(3,4)5)11-10-13-8-9-14(17-13)15(20)18(6)7/h12-14,17H,8-11H2,1-7H3. The zero-order chi connectivity index (χ0) is 15.5. The molecule has 4 heteroatoms. The second-order valence-corrected chi connectivity index (χ2v) is 7.47. The highest BCUT2D eigenvalue weighted by atomic mass is 16.2. The van der Waals surface area contributed by atoms with Gasteiger partial charge in [-0.1, -0.05) is 0 Å². The Morgan fingerprint density at radius 3 is 2.30 bits per heavy atom. The van der Waals surface area contributed by atoms with E-state index in [9.17, 15) is 4.79 Å². The van der Waals surface area contributed by atoms with E-state index in [-0.39, 0.29) is 17.5 Å². The smallest absolute Gasteiger partial charge is 0.239 e. The predicted octanol–water partition coefficient (Wildman–Crippen LogP) is 2.09. The number of carbonyl (C=O) groups excluding carboxylic acids is 1. The van der Waals surface area contributed by atoms with E-state index in [1.54, 1.807) is 4.90 Å². The summed E-state index contributed by atoms with van der Waals surface area (Å²) in [7, 11) is 3.66. The number of nitrogens with zero attached hydrogens (tertiary/aromatic N) is 2. The largest absolute Gasteiger partial charge is 0.347 e. The number of carbonyl (C=O) groups is 1. The summed E-state index contributed by atoms with van der Waals surface area (Å²) >= 11 is 0. The molecular formula is C16H33N3O. The molecule has 4 nitrogen and oxygen atoms in total. The zero-order valence-electron chi connectivity index (χ0n) is 14.4. The molecule has 0 bridgehead atoms. The Morgan fingerprint density at radius 1 is 1.25 bits per heavy atom. The lowest BCUT2D eigenvalue weighted by Crippen LogP contribution is -2.48. The van der Waals surface area contributed by atoms with Crippen molar-refractivity contribution in [1.82, 2.24) is 15.1 Å². The van der Waals surface area contributed by atoms with Gasteiger partial charge in [0.2, 0.25) is 5.91 Å². The van der Waals surface area contributed by atoms with Crippen molar-refractivity contribution in [1.29, 1.82) is 0 Å². The quantitative estimate of drug-likeness (QED) is 0.839. The van der Waals surface area contributed by atoms with Crippen LogP contribution in [0.2, 0.25) is 0 Å². The molecular weight excluding hydrogens is 250 g/mol. The number of hydrogen-bond donors (Lipinski definition) is 1. The van der Waals surface area contributed by atoms with Gasteiger partial charge in [0, 0.05) is 38.3 Å². The van der Waals surface area contributed by atoms with Crippen LogP contribution in [0.3, 0.4) is 0 Å². The summed E-state index contributed by atoms with van der Waals surface area (Å²) in [4.78, 5) is 16.2. The molecule has 0 spiro atoms. The summed E-state index contributed by atoms with van der Waals surface area (Å²) in [5.74, 6) is 0.212. The van der Waals surface area contributed by atoms with Gasteiger partial charge in [-0.15, -0.1) is 0 Å². The van der Waals surface area contributed by atoms with Crippen LogP contribution >= 0.6 is 0 Å². The van der Waals surface area contributed by atoms with E-state index >= 15 is 0 Å². The van der Waals surface area contributed by atoms with Gasteiger partial charge in [-0.05, 0) is 53.9 Å². The number of amides is 1. The molecule has 118 valence electrons. The van der Waals surface area contributed by atoms with Crippen LogP contribution in [0.4, 0.5) is 0 Å². The number of nitrogens with one attached hydrogen (secondary N) is 1. The minimum absolute atomic E-state index is 0.0251. The fourth-order valence-corrected chi connectivity index (χ4v) is 3.22. The van der Waals surface area contributed by atoms with E-state index in [1.807, 2.05) is 14.1 Å². The monoisotopic (exact) mass is 283 g/mol. The first-order valence-corrected chi connectivity index (χ1v) is 7.87. The third kappa shape index (κ3) is 4.74. The lowest BCUT2D eigenvalue weighted by molar-refractivity contribution is -0.130. The van der Waals surface area contributed by atoms with Crippen LogP contribution in [0.5, 0.6) is 0 Å². The van der Waals surface area contributed by atoms with Crippen molar-refractivity contribution in [3.8, 4) is 0 Å². The third-order valence-electron chi connectivity index (χ3n) is 4.18. The minimum atomic E-state index is 0.0251. The zero-order valence-corrected chi connectivity index (χ0v) is 14.4. The van der Waals surface area contributed by atoms with Crippen molar-refractivity contribution in [3.63, 3.8) is 0 Å². The van der Waals surface area contributed by atoms with Crippen LogP contribution < -0.4 is 5.32 Å². The average molecular weight is 283 g/mol. The number of hydrogen-bond acceptors (Lipinski definition) is 3.